The molecule has 1 aliphatic heterocycles. The van der Waals surface area contributed by atoms with Crippen LogP contribution in [0.25, 0.3) is 0 Å². The molecule has 0 aromatic heterocycles. The number of nitrogens with zero attached hydrogens (tertiary/aromatic N) is 1. The first-order chi connectivity index (χ1) is 8.49. The SMILES string of the molecule is COC(CN)CC(=O)N1CCC(C)CC1C(=O)O. The zero-order valence-corrected chi connectivity index (χ0v) is 11.0. The van der Waals surface area contributed by atoms with Crippen molar-refractivity contribution in [1.82, 2.24) is 4.90 Å². The van der Waals surface area contributed by atoms with Crippen LogP contribution in [0.5, 0.6) is 0 Å². The molecule has 0 aromatic carbocycles. The number of ether oxygens (including phenoxy) is 1. The molecule has 0 bridgehead atoms. The molecule has 0 spiro atoms. The van der Waals surface area contributed by atoms with Gasteiger partial charge in [-0.1, -0.05) is 6.92 Å². The Balaban J connectivity index is 2.67. The van der Waals surface area contributed by atoms with Gasteiger partial charge in [0.25, 0.3) is 0 Å². The summed E-state index contributed by atoms with van der Waals surface area (Å²) >= 11 is 0. The summed E-state index contributed by atoms with van der Waals surface area (Å²) in [4.78, 5) is 24.7. The van der Waals surface area contributed by atoms with Crippen molar-refractivity contribution in [2.45, 2.75) is 38.3 Å². The third-order valence-corrected chi connectivity index (χ3v) is 3.47. The normalized spacial score (nSPS) is 25.8. The highest BCUT2D eigenvalue weighted by Gasteiger charge is 2.35. The highest BCUT2D eigenvalue weighted by Crippen LogP contribution is 2.23. The molecule has 3 unspecified atom stereocenters. The van der Waals surface area contributed by atoms with Gasteiger partial charge in [0.2, 0.25) is 5.91 Å². The van der Waals surface area contributed by atoms with Crippen molar-refractivity contribution in [1.29, 1.82) is 0 Å². The average molecular weight is 258 g/mol. The van der Waals surface area contributed by atoms with Crippen molar-refractivity contribution in [3.63, 3.8) is 0 Å². The lowest BCUT2D eigenvalue weighted by Gasteiger charge is -2.36. The number of carbonyl (C=O) groups excluding carboxylic acids is 1. The lowest BCUT2D eigenvalue weighted by molar-refractivity contribution is -0.154. The summed E-state index contributed by atoms with van der Waals surface area (Å²) in [5, 5.41) is 9.17. The van der Waals surface area contributed by atoms with E-state index in [2.05, 4.69) is 0 Å². The van der Waals surface area contributed by atoms with Gasteiger partial charge < -0.3 is 20.5 Å². The highest BCUT2D eigenvalue weighted by atomic mass is 16.5. The molecule has 6 nitrogen and oxygen atoms in total. The second kappa shape index (κ2) is 6.70. The molecule has 3 atom stereocenters. The summed E-state index contributed by atoms with van der Waals surface area (Å²) in [6, 6.07) is -0.712. The quantitative estimate of drug-likeness (QED) is 0.727. The Hall–Kier alpha value is -1.14. The Morgan fingerprint density at radius 3 is 2.72 bits per heavy atom. The summed E-state index contributed by atoms with van der Waals surface area (Å²) in [6.07, 6.45) is 1.16. The number of hydrogen-bond acceptors (Lipinski definition) is 4. The van der Waals surface area contributed by atoms with Gasteiger partial charge in [0, 0.05) is 20.2 Å². The van der Waals surface area contributed by atoms with Gasteiger partial charge >= 0.3 is 5.97 Å². The number of likely N-dealkylation sites (tertiary alicyclic amines) is 1. The van der Waals surface area contributed by atoms with Gasteiger partial charge in [0.05, 0.1) is 12.5 Å². The van der Waals surface area contributed by atoms with E-state index in [-0.39, 0.29) is 25.0 Å². The molecule has 0 aliphatic carbocycles. The highest BCUT2D eigenvalue weighted by molar-refractivity contribution is 5.84. The van der Waals surface area contributed by atoms with E-state index < -0.39 is 12.0 Å². The van der Waals surface area contributed by atoms with Crippen molar-refractivity contribution < 1.29 is 19.4 Å². The van der Waals surface area contributed by atoms with Crippen molar-refractivity contribution in [3.05, 3.63) is 0 Å². The number of carbonyl (C=O) groups is 2. The number of aliphatic carboxylic acids is 1. The Labute approximate surface area is 107 Å². The van der Waals surface area contributed by atoms with E-state index >= 15 is 0 Å². The van der Waals surface area contributed by atoms with Crippen molar-refractivity contribution in [3.8, 4) is 0 Å². The minimum absolute atomic E-state index is 0.144. The van der Waals surface area contributed by atoms with E-state index in [1.54, 1.807) is 0 Å². The molecule has 1 heterocycles. The molecular formula is C12H22N2O4. The summed E-state index contributed by atoms with van der Waals surface area (Å²) < 4.78 is 5.06. The Bertz CT molecular complexity index is 304. The summed E-state index contributed by atoms with van der Waals surface area (Å²) in [5.74, 6) is -0.786. The smallest absolute Gasteiger partial charge is 0.326 e. The van der Waals surface area contributed by atoms with E-state index in [1.807, 2.05) is 6.92 Å². The predicted molar refractivity (Wildman–Crippen MR) is 66.0 cm³/mol. The number of hydrogen-bond donors (Lipinski definition) is 2. The van der Waals surface area contributed by atoms with E-state index in [9.17, 15) is 14.7 Å². The molecule has 3 N–H and O–H groups in total. The molecular weight excluding hydrogens is 236 g/mol. The second-order valence-electron chi connectivity index (χ2n) is 4.87. The van der Waals surface area contributed by atoms with Gasteiger partial charge in [0.1, 0.15) is 6.04 Å². The van der Waals surface area contributed by atoms with Crippen LogP contribution in [0.15, 0.2) is 0 Å². The molecule has 1 saturated heterocycles. The molecule has 0 saturated carbocycles. The van der Waals surface area contributed by atoms with Crippen LogP contribution in [0.4, 0.5) is 0 Å². The number of nitrogens with two attached hydrogens (primary N) is 1. The molecule has 1 rings (SSSR count). The molecule has 1 fully saturated rings. The van der Waals surface area contributed by atoms with Crippen molar-refractivity contribution in [2.24, 2.45) is 11.7 Å². The summed E-state index contributed by atoms with van der Waals surface area (Å²) in [5.41, 5.74) is 5.47. The fourth-order valence-electron chi connectivity index (χ4n) is 2.25. The van der Waals surface area contributed by atoms with E-state index in [0.29, 0.717) is 18.9 Å². The maximum Gasteiger partial charge on any atom is 0.326 e. The fourth-order valence-corrected chi connectivity index (χ4v) is 2.25. The third-order valence-electron chi connectivity index (χ3n) is 3.47. The van der Waals surface area contributed by atoms with Gasteiger partial charge in [-0.25, -0.2) is 4.79 Å². The molecule has 0 aromatic rings. The van der Waals surface area contributed by atoms with Crippen LogP contribution in [0, 0.1) is 5.92 Å². The van der Waals surface area contributed by atoms with Gasteiger partial charge in [-0.15, -0.1) is 0 Å². The Morgan fingerprint density at radius 2 is 2.22 bits per heavy atom. The van der Waals surface area contributed by atoms with Crippen LogP contribution >= 0.6 is 0 Å². The lowest BCUT2D eigenvalue weighted by Crippen LogP contribution is -2.50. The van der Waals surface area contributed by atoms with Crippen LogP contribution in [-0.4, -0.2) is 54.2 Å². The average Bonchev–Trinajstić information content (AvgIpc) is 2.35. The van der Waals surface area contributed by atoms with Crippen LogP contribution in [0.1, 0.15) is 26.2 Å². The number of carboxylic acid groups (broad SMARTS) is 1. The standard InChI is InChI=1S/C12H22N2O4/c1-8-3-4-14(10(5-8)12(16)17)11(15)6-9(7-13)18-2/h8-10H,3-7,13H2,1-2H3,(H,16,17). The number of amides is 1. The van der Waals surface area contributed by atoms with E-state index in [1.165, 1.54) is 12.0 Å². The first-order valence-corrected chi connectivity index (χ1v) is 6.24. The first kappa shape index (κ1) is 14.9. The number of carboxylic acids is 1. The summed E-state index contributed by atoms with van der Waals surface area (Å²) in [7, 11) is 1.50. The molecule has 6 heteroatoms. The zero-order chi connectivity index (χ0) is 13.7. The minimum Gasteiger partial charge on any atom is -0.480 e. The molecule has 1 aliphatic rings. The minimum atomic E-state index is -0.934. The van der Waals surface area contributed by atoms with Crippen molar-refractivity contribution in [2.75, 3.05) is 20.2 Å². The molecule has 18 heavy (non-hydrogen) atoms. The van der Waals surface area contributed by atoms with Crippen LogP contribution in [0.3, 0.4) is 0 Å². The molecule has 0 radical (unpaired) electrons. The first-order valence-electron chi connectivity index (χ1n) is 6.24. The molecule has 1 amide bonds. The number of rotatable bonds is 5. The monoisotopic (exact) mass is 258 g/mol. The zero-order valence-electron chi connectivity index (χ0n) is 11.0. The third kappa shape index (κ3) is 3.68. The maximum absolute atomic E-state index is 12.1. The fraction of sp³-hybridized carbons (Fsp3) is 0.833. The van der Waals surface area contributed by atoms with E-state index in [0.717, 1.165) is 6.42 Å². The van der Waals surface area contributed by atoms with Crippen molar-refractivity contribution >= 4 is 11.9 Å². The maximum atomic E-state index is 12.1. The number of methoxy groups -OCH3 is 1. The van der Waals surface area contributed by atoms with Gasteiger partial charge in [-0.05, 0) is 18.8 Å². The van der Waals surface area contributed by atoms with E-state index in [4.69, 9.17) is 10.5 Å². The second-order valence-corrected chi connectivity index (χ2v) is 4.87. The van der Waals surface area contributed by atoms with Gasteiger partial charge in [-0.3, -0.25) is 4.79 Å². The summed E-state index contributed by atoms with van der Waals surface area (Å²) in [6.45, 7) is 2.76. The number of piperidine rings is 1. The largest absolute Gasteiger partial charge is 0.480 e. The predicted octanol–water partition coefficient (Wildman–Crippen LogP) is 0.0619. The topological polar surface area (TPSA) is 92.9 Å². The molecule has 104 valence electrons. The Morgan fingerprint density at radius 1 is 1.56 bits per heavy atom. The Kier molecular flexibility index (Phi) is 5.55. The van der Waals surface area contributed by atoms with Crippen LogP contribution in [-0.2, 0) is 14.3 Å². The van der Waals surface area contributed by atoms with Gasteiger partial charge in [0.15, 0.2) is 0 Å². The van der Waals surface area contributed by atoms with Gasteiger partial charge in [-0.2, -0.15) is 0 Å². The van der Waals surface area contributed by atoms with Crippen LogP contribution in [0.2, 0.25) is 0 Å². The van der Waals surface area contributed by atoms with Crippen LogP contribution < -0.4 is 5.73 Å². The lowest BCUT2D eigenvalue weighted by atomic mass is 9.92.